The molecule has 0 aliphatic rings. The highest BCUT2D eigenvalue weighted by Gasteiger charge is 2.11. The van der Waals surface area contributed by atoms with E-state index in [4.69, 9.17) is 0 Å². The van der Waals surface area contributed by atoms with Crippen LogP contribution in [0.2, 0.25) is 0 Å². The van der Waals surface area contributed by atoms with Crippen LogP contribution >= 0.6 is 11.3 Å². The third kappa shape index (κ3) is 3.46. The Bertz CT molecular complexity index is 856. The molecule has 1 heterocycles. The summed E-state index contributed by atoms with van der Waals surface area (Å²) in [5, 5.41) is 5.26. The van der Waals surface area contributed by atoms with Gasteiger partial charge < -0.3 is 5.32 Å². The summed E-state index contributed by atoms with van der Waals surface area (Å²) in [4.78, 5) is 15.5. The van der Waals surface area contributed by atoms with Crippen LogP contribution in [0.5, 0.6) is 0 Å². The van der Waals surface area contributed by atoms with Gasteiger partial charge in [-0.25, -0.2) is 9.37 Å². The van der Waals surface area contributed by atoms with E-state index in [2.05, 4.69) is 10.3 Å². The van der Waals surface area contributed by atoms with Crippen LogP contribution in [0.4, 0.5) is 10.1 Å². The van der Waals surface area contributed by atoms with Gasteiger partial charge in [0.25, 0.3) is 0 Å². The first-order valence-electron chi connectivity index (χ1n) is 7.13. The first-order chi connectivity index (χ1) is 11.0. The van der Waals surface area contributed by atoms with Crippen molar-refractivity contribution in [3.8, 4) is 21.8 Å². The van der Waals surface area contributed by atoms with Gasteiger partial charge >= 0.3 is 0 Å². The molecule has 23 heavy (non-hydrogen) atoms. The van der Waals surface area contributed by atoms with Crippen LogP contribution in [0.15, 0.2) is 47.8 Å². The van der Waals surface area contributed by atoms with Gasteiger partial charge in [0.05, 0.1) is 5.69 Å². The zero-order valence-corrected chi connectivity index (χ0v) is 13.6. The molecule has 0 fully saturated rings. The van der Waals surface area contributed by atoms with Crippen molar-refractivity contribution >= 4 is 22.9 Å². The summed E-state index contributed by atoms with van der Waals surface area (Å²) in [5.41, 5.74) is 3.66. The van der Waals surface area contributed by atoms with E-state index in [0.29, 0.717) is 16.9 Å². The maximum atomic E-state index is 14.3. The van der Waals surface area contributed by atoms with Gasteiger partial charge in [0.2, 0.25) is 5.91 Å². The number of aromatic nitrogens is 1. The van der Waals surface area contributed by atoms with Crippen molar-refractivity contribution in [3.05, 3.63) is 59.2 Å². The van der Waals surface area contributed by atoms with E-state index in [1.165, 1.54) is 29.9 Å². The number of hydrogen-bond acceptors (Lipinski definition) is 3. The standard InChI is InChI=1S/C18H15FN2OS/c1-11-3-5-13(6-4-11)18-21-17(10-23-18)15-8-7-14(9-16(15)19)20-12(2)22/h3-10H,1-2H3,(H,20,22). The van der Waals surface area contributed by atoms with Crippen molar-refractivity contribution < 1.29 is 9.18 Å². The molecule has 0 aliphatic heterocycles. The topological polar surface area (TPSA) is 42.0 Å². The van der Waals surface area contributed by atoms with Crippen molar-refractivity contribution in [2.24, 2.45) is 0 Å². The lowest BCUT2D eigenvalue weighted by atomic mass is 10.1. The molecule has 1 amide bonds. The molecular weight excluding hydrogens is 311 g/mol. The number of thiazole rings is 1. The van der Waals surface area contributed by atoms with Crippen LogP contribution in [0.25, 0.3) is 21.8 Å². The fraction of sp³-hybridized carbons (Fsp3) is 0.111. The lowest BCUT2D eigenvalue weighted by Crippen LogP contribution is -2.05. The molecule has 0 unspecified atom stereocenters. The Kier molecular flexibility index (Phi) is 4.21. The first kappa shape index (κ1) is 15.4. The molecule has 3 rings (SSSR count). The highest BCUT2D eigenvalue weighted by Crippen LogP contribution is 2.31. The molecule has 0 spiro atoms. The summed E-state index contributed by atoms with van der Waals surface area (Å²) < 4.78 is 14.3. The van der Waals surface area contributed by atoms with Gasteiger partial charge in [-0.3, -0.25) is 4.79 Å². The highest BCUT2D eigenvalue weighted by molar-refractivity contribution is 7.13. The lowest BCUT2D eigenvalue weighted by Gasteiger charge is -2.04. The van der Waals surface area contributed by atoms with Crippen LogP contribution in [-0.4, -0.2) is 10.9 Å². The fourth-order valence-electron chi connectivity index (χ4n) is 2.23. The van der Waals surface area contributed by atoms with Gasteiger partial charge in [-0.2, -0.15) is 0 Å². The highest BCUT2D eigenvalue weighted by atomic mass is 32.1. The molecule has 0 bridgehead atoms. The zero-order valence-electron chi connectivity index (χ0n) is 12.8. The SMILES string of the molecule is CC(=O)Nc1ccc(-c2csc(-c3ccc(C)cc3)n2)c(F)c1. The summed E-state index contributed by atoms with van der Waals surface area (Å²) in [7, 11) is 0. The quantitative estimate of drug-likeness (QED) is 0.745. The predicted octanol–water partition coefficient (Wildman–Crippen LogP) is 4.88. The Morgan fingerprint density at radius 3 is 2.57 bits per heavy atom. The molecule has 5 heteroatoms. The molecule has 0 saturated carbocycles. The van der Waals surface area contributed by atoms with Gasteiger partial charge in [-0.15, -0.1) is 11.3 Å². The van der Waals surface area contributed by atoms with E-state index in [1.807, 2.05) is 36.6 Å². The van der Waals surface area contributed by atoms with Gasteiger partial charge in [-0.05, 0) is 25.1 Å². The molecule has 0 atom stereocenters. The fourth-order valence-corrected chi connectivity index (χ4v) is 3.06. The molecule has 0 radical (unpaired) electrons. The number of nitrogens with one attached hydrogen (secondary N) is 1. The average Bonchev–Trinajstić information content (AvgIpc) is 2.97. The zero-order chi connectivity index (χ0) is 16.4. The van der Waals surface area contributed by atoms with Gasteiger partial charge in [0.1, 0.15) is 10.8 Å². The van der Waals surface area contributed by atoms with Gasteiger partial charge in [0, 0.05) is 29.1 Å². The molecule has 0 saturated heterocycles. The summed E-state index contributed by atoms with van der Waals surface area (Å²) >= 11 is 1.48. The molecule has 3 aromatic rings. The number of halogens is 1. The number of amides is 1. The van der Waals surface area contributed by atoms with E-state index < -0.39 is 5.82 Å². The summed E-state index contributed by atoms with van der Waals surface area (Å²) in [6, 6.07) is 12.7. The maximum absolute atomic E-state index is 14.3. The normalized spacial score (nSPS) is 10.6. The Balaban J connectivity index is 1.91. The first-order valence-corrected chi connectivity index (χ1v) is 8.01. The average molecular weight is 326 g/mol. The number of benzene rings is 2. The lowest BCUT2D eigenvalue weighted by molar-refractivity contribution is -0.114. The van der Waals surface area contributed by atoms with Crippen LogP contribution in [0, 0.1) is 12.7 Å². The van der Waals surface area contributed by atoms with Crippen LogP contribution in [-0.2, 0) is 4.79 Å². The predicted molar refractivity (Wildman–Crippen MR) is 92.0 cm³/mol. The number of carbonyl (C=O) groups is 1. The van der Waals surface area contributed by atoms with E-state index >= 15 is 0 Å². The Morgan fingerprint density at radius 2 is 1.91 bits per heavy atom. The molecular formula is C18H15FN2OS. The van der Waals surface area contributed by atoms with Crippen molar-refractivity contribution in [3.63, 3.8) is 0 Å². The van der Waals surface area contributed by atoms with Gasteiger partial charge in [0.15, 0.2) is 0 Å². The number of nitrogens with zero attached hydrogens (tertiary/aromatic N) is 1. The molecule has 3 nitrogen and oxygen atoms in total. The number of aryl methyl sites for hydroxylation is 1. The third-order valence-electron chi connectivity index (χ3n) is 3.37. The van der Waals surface area contributed by atoms with Gasteiger partial charge in [-0.1, -0.05) is 29.8 Å². The van der Waals surface area contributed by atoms with E-state index in [0.717, 1.165) is 10.6 Å². The van der Waals surface area contributed by atoms with Crippen molar-refractivity contribution in [1.82, 2.24) is 4.98 Å². The molecule has 116 valence electrons. The molecule has 1 aromatic heterocycles. The summed E-state index contributed by atoms with van der Waals surface area (Å²) in [5.74, 6) is -0.635. The van der Waals surface area contributed by atoms with E-state index in [-0.39, 0.29) is 5.91 Å². The largest absolute Gasteiger partial charge is 0.326 e. The van der Waals surface area contributed by atoms with E-state index in [1.54, 1.807) is 12.1 Å². The monoisotopic (exact) mass is 326 g/mol. The summed E-state index contributed by atoms with van der Waals surface area (Å²) in [6.45, 7) is 3.42. The summed E-state index contributed by atoms with van der Waals surface area (Å²) in [6.07, 6.45) is 0. The minimum absolute atomic E-state index is 0.229. The minimum Gasteiger partial charge on any atom is -0.326 e. The third-order valence-corrected chi connectivity index (χ3v) is 4.26. The van der Waals surface area contributed by atoms with Crippen molar-refractivity contribution in [1.29, 1.82) is 0 Å². The second-order valence-corrected chi connectivity index (χ2v) is 6.14. The Labute approximate surface area is 137 Å². The Hall–Kier alpha value is -2.53. The number of rotatable bonds is 3. The number of carbonyl (C=O) groups excluding carboxylic acids is 1. The van der Waals surface area contributed by atoms with Crippen molar-refractivity contribution in [2.75, 3.05) is 5.32 Å². The maximum Gasteiger partial charge on any atom is 0.221 e. The van der Waals surface area contributed by atoms with Crippen LogP contribution in [0.3, 0.4) is 0 Å². The minimum atomic E-state index is -0.406. The number of anilines is 1. The molecule has 2 aromatic carbocycles. The second kappa shape index (κ2) is 6.30. The van der Waals surface area contributed by atoms with Crippen LogP contribution in [0.1, 0.15) is 12.5 Å². The van der Waals surface area contributed by atoms with Crippen molar-refractivity contribution in [2.45, 2.75) is 13.8 Å². The second-order valence-electron chi connectivity index (χ2n) is 5.28. The number of hydrogen-bond donors (Lipinski definition) is 1. The molecule has 1 N–H and O–H groups in total. The smallest absolute Gasteiger partial charge is 0.221 e. The van der Waals surface area contributed by atoms with E-state index in [9.17, 15) is 9.18 Å². The molecule has 0 aliphatic carbocycles. The van der Waals surface area contributed by atoms with Crippen LogP contribution < -0.4 is 5.32 Å². The Morgan fingerprint density at radius 1 is 1.17 bits per heavy atom.